The highest BCUT2D eigenvalue weighted by atomic mass is 35.5. The highest BCUT2D eigenvalue weighted by molar-refractivity contribution is 6.30. The van der Waals surface area contributed by atoms with E-state index in [-0.39, 0.29) is 24.4 Å². The molecule has 1 aromatic rings. The molecule has 2 N–H and O–H groups in total. The third-order valence-electron chi connectivity index (χ3n) is 5.06. The van der Waals surface area contributed by atoms with Gasteiger partial charge in [-0.3, -0.25) is 4.79 Å². The van der Waals surface area contributed by atoms with Gasteiger partial charge in [0, 0.05) is 23.5 Å². The molecule has 2 heterocycles. The molecule has 2 aliphatic heterocycles. The molecule has 2 aliphatic rings. The summed E-state index contributed by atoms with van der Waals surface area (Å²) in [4.78, 5) is 12.4. The van der Waals surface area contributed by atoms with Crippen molar-refractivity contribution in [3.63, 3.8) is 0 Å². The Morgan fingerprint density at radius 3 is 2.43 bits per heavy atom. The number of hydrogen-bond donors (Lipinski definition) is 2. The molecule has 0 saturated carbocycles. The molecule has 2 saturated heterocycles. The minimum Gasteiger partial charge on any atom is -0.349 e. The van der Waals surface area contributed by atoms with E-state index >= 15 is 0 Å². The van der Waals surface area contributed by atoms with E-state index in [1.54, 1.807) is 0 Å². The van der Waals surface area contributed by atoms with Gasteiger partial charge in [0.15, 0.2) is 0 Å². The van der Waals surface area contributed by atoms with E-state index in [1.165, 1.54) is 12.8 Å². The van der Waals surface area contributed by atoms with Crippen molar-refractivity contribution >= 4 is 29.9 Å². The number of carbonyl (C=O) groups is 1. The summed E-state index contributed by atoms with van der Waals surface area (Å²) in [6, 6.07) is 9.16. The van der Waals surface area contributed by atoms with E-state index in [1.807, 2.05) is 24.3 Å². The molecule has 3 unspecified atom stereocenters. The maximum atomic E-state index is 12.4. The lowest BCUT2D eigenvalue weighted by Gasteiger charge is -2.29. The summed E-state index contributed by atoms with van der Waals surface area (Å²) in [7, 11) is 0. The lowest BCUT2D eigenvalue weighted by molar-refractivity contribution is -0.123. The first-order chi connectivity index (χ1) is 10.6. The number of halogens is 2. The monoisotopic (exact) mass is 356 g/mol. The summed E-state index contributed by atoms with van der Waals surface area (Å²) in [6.45, 7) is 2.10. The molecule has 5 heteroatoms. The number of amides is 1. The number of hydrogen-bond acceptors (Lipinski definition) is 2. The van der Waals surface area contributed by atoms with Crippen molar-refractivity contribution in [1.29, 1.82) is 0 Å². The second kappa shape index (κ2) is 8.36. The van der Waals surface area contributed by atoms with Crippen LogP contribution in [0.15, 0.2) is 24.3 Å². The predicted octanol–water partition coefficient (Wildman–Crippen LogP) is 4.25. The SMILES string of the molecule is CCC(NC(=O)CC1CC2CCC(C1)N2)c1ccc(Cl)cc1.Cl. The minimum atomic E-state index is 0. The predicted molar refractivity (Wildman–Crippen MR) is 97.2 cm³/mol. The molecular formula is C18H26Cl2N2O. The maximum Gasteiger partial charge on any atom is 0.220 e. The Hall–Kier alpha value is -0.770. The number of nitrogens with one attached hydrogen (secondary N) is 2. The Morgan fingerprint density at radius 1 is 1.26 bits per heavy atom. The molecule has 128 valence electrons. The van der Waals surface area contributed by atoms with Gasteiger partial charge in [-0.05, 0) is 55.7 Å². The van der Waals surface area contributed by atoms with Crippen LogP contribution in [0.2, 0.25) is 5.02 Å². The van der Waals surface area contributed by atoms with Gasteiger partial charge in [0.1, 0.15) is 0 Å². The van der Waals surface area contributed by atoms with Crippen LogP contribution in [0.1, 0.15) is 57.1 Å². The van der Waals surface area contributed by atoms with E-state index in [0.717, 1.165) is 29.8 Å². The molecule has 23 heavy (non-hydrogen) atoms. The van der Waals surface area contributed by atoms with Gasteiger partial charge in [-0.2, -0.15) is 0 Å². The average Bonchev–Trinajstić information content (AvgIpc) is 2.85. The van der Waals surface area contributed by atoms with Crippen LogP contribution >= 0.6 is 24.0 Å². The smallest absolute Gasteiger partial charge is 0.220 e. The van der Waals surface area contributed by atoms with Crippen molar-refractivity contribution in [2.75, 3.05) is 0 Å². The fourth-order valence-corrected chi connectivity index (χ4v) is 4.10. The van der Waals surface area contributed by atoms with Crippen molar-refractivity contribution in [2.45, 2.75) is 63.6 Å². The largest absolute Gasteiger partial charge is 0.349 e. The zero-order valence-corrected chi connectivity index (χ0v) is 15.1. The Morgan fingerprint density at radius 2 is 1.87 bits per heavy atom. The zero-order valence-electron chi connectivity index (χ0n) is 13.6. The van der Waals surface area contributed by atoms with Crippen LogP contribution < -0.4 is 10.6 Å². The van der Waals surface area contributed by atoms with E-state index < -0.39 is 0 Å². The van der Waals surface area contributed by atoms with Crippen LogP contribution in [-0.4, -0.2) is 18.0 Å². The summed E-state index contributed by atoms with van der Waals surface area (Å²) in [5, 5.41) is 7.56. The van der Waals surface area contributed by atoms with Crippen LogP contribution in [-0.2, 0) is 4.79 Å². The molecule has 3 rings (SSSR count). The van der Waals surface area contributed by atoms with Crippen LogP contribution in [0.25, 0.3) is 0 Å². The fraction of sp³-hybridized carbons (Fsp3) is 0.611. The van der Waals surface area contributed by atoms with Crippen LogP contribution in [0.3, 0.4) is 0 Å². The minimum absolute atomic E-state index is 0. The maximum absolute atomic E-state index is 12.4. The molecule has 0 aromatic heterocycles. The van der Waals surface area contributed by atoms with Crippen molar-refractivity contribution in [1.82, 2.24) is 10.6 Å². The fourth-order valence-electron chi connectivity index (χ4n) is 3.97. The Kier molecular flexibility index (Phi) is 6.75. The summed E-state index contributed by atoms with van der Waals surface area (Å²) < 4.78 is 0. The second-order valence-corrected chi connectivity index (χ2v) is 7.20. The van der Waals surface area contributed by atoms with Gasteiger partial charge in [0.05, 0.1) is 6.04 Å². The van der Waals surface area contributed by atoms with Gasteiger partial charge in [-0.1, -0.05) is 30.7 Å². The van der Waals surface area contributed by atoms with Crippen molar-refractivity contribution in [3.05, 3.63) is 34.9 Å². The lowest BCUT2D eigenvalue weighted by Crippen LogP contribution is -2.40. The molecule has 2 fully saturated rings. The van der Waals surface area contributed by atoms with Crippen LogP contribution in [0.4, 0.5) is 0 Å². The van der Waals surface area contributed by atoms with E-state index in [9.17, 15) is 4.79 Å². The van der Waals surface area contributed by atoms with E-state index in [2.05, 4.69) is 17.6 Å². The molecular weight excluding hydrogens is 331 g/mol. The molecule has 1 aromatic carbocycles. The number of rotatable bonds is 5. The lowest BCUT2D eigenvalue weighted by atomic mass is 9.89. The second-order valence-electron chi connectivity index (χ2n) is 6.76. The topological polar surface area (TPSA) is 41.1 Å². The zero-order chi connectivity index (χ0) is 15.5. The van der Waals surface area contributed by atoms with Gasteiger partial charge in [0.25, 0.3) is 0 Å². The first kappa shape index (κ1) is 18.6. The molecule has 1 amide bonds. The molecule has 0 radical (unpaired) electrons. The van der Waals surface area contributed by atoms with Gasteiger partial charge in [-0.25, -0.2) is 0 Å². The van der Waals surface area contributed by atoms with E-state index in [0.29, 0.717) is 24.4 Å². The highest BCUT2D eigenvalue weighted by Gasteiger charge is 2.34. The van der Waals surface area contributed by atoms with Crippen LogP contribution in [0, 0.1) is 5.92 Å². The third kappa shape index (κ3) is 4.85. The van der Waals surface area contributed by atoms with Gasteiger partial charge < -0.3 is 10.6 Å². The van der Waals surface area contributed by atoms with Crippen molar-refractivity contribution in [2.24, 2.45) is 5.92 Å². The third-order valence-corrected chi connectivity index (χ3v) is 5.31. The van der Waals surface area contributed by atoms with Gasteiger partial charge in [0.2, 0.25) is 5.91 Å². The van der Waals surface area contributed by atoms with Crippen molar-refractivity contribution < 1.29 is 4.79 Å². The first-order valence-electron chi connectivity index (χ1n) is 8.45. The number of carbonyl (C=O) groups excluding carboxylic acids is 1. The first-order valence-corrected chi connectivity index (χ1v) is 8.82. The summed E-state index contributed by atoms with van der Waals surface area (Å²) >= 11 is 5.93. The molecule has 2 bridgehead atoms. The number of piperidine rings is 1. The Balaban J connectivity index is 0.00000192. The van der Waals surface area contributed by atoms with E-state index in [4.69, 9.17) is 11.6 Å². The van der Waals surface area contributed by atoms with Crippen molar-refractivity contribution in [3.8, 4) is 0 Å². The Labute approximate surface area is 150 Å². The quantitative estimate of drug-likeness (QED) is 0.827. The average molecular weight is 357 g/mol. The summed E-state index contributed by atoms with van der Waals surface area (Å²) in [6.07, 6.45) is 6.43. The normalized spacial score (nSPS) is 27.1. The molecule has 0 aliphatic carbocycles. The summed E-state index contributed by atoms with van der Waals surface area (Å²) in [5.74, 6) is 0.731. The molecule has 0 spiro atoms. The van der Waals surface area contributed by atoms with Gasteiger partial charge in [-0.15, -0.1) is 12.4 Å². The molecule has 3 atom stereocenters. The van der Waals surface area contributed by atoms with Crippen LogP contribution in [0.5, 0.6) is 0 Å². The number of fused-ring (bicyclic) bond motifs is 2. The Bertz CT molecular complexity index is 508. The standard InChI is InChI=1S/C18H25ClN2O.ClH/c1-2-17(13-3-5-14(19)6-4-13)21-18(22)11-12-9-15-7-8-16(10-12)20-15;/h3-6,12,15-17,20H,2,7-11H2,1H3,(H,21,22);1H. The molecule has 3 nitrogen and oxygen atoms in total. The highest BCUT2D eigenvalue weighted by Crippen LogP contribution is 2.32. The summed E-state index contributed by atoms with van der Waals surface area (Å²) in [5.41, 5.74) is 1.13. The van der Waals surface area contributed by atoms with Gasteiger partial charge >= 0.3 is 0 Å². The number of benzene rings is 1.